The highest BCUT2D eigenvalue weighted by Crippen LogP contribution is 2.31. The molecule has 0 saturated heterocycles. The molecule has 5 heteroatoms. The highest BCUT2D eigenvalue weighted by molar-refractivity contribution is 7.96. The van der Waals surface area contributed by atoms with Gasteiger partial charge in [0.1, 0.15) is 0 Å². The van der Waals surface area contributed by atoms with Crippen LogP contribution in [0, 0.1) is 0 Å². The van der Waals surface area contributed by atoms with Crippen molar-refractivity contribution in [1.82, 2.24) is 8.43 Å². The second-order valence-electron chi connectivity index (χ2n) is 6.25. The van der Waals surface area contributed by atoms with Gasteiger partial charge >= 0.3 is 0 Å². The molecule has 0 aromatic rings. The van der Waals surface area contributed by atoms with Crippen molar-refractivity contribution in [2.75, 3.05) is 6.54 Å². The second-order valence-corrected chi connectivity index (χ2v) is 7.28. The van der Waals surface area contributed by atoms with Crippen LogP contribution in [0.4, 0.5) is 0 Å². The fraction of sp³-hybridized carbons (Fsp3) is 1.00. The van der Waals surface area contributed by atoms with E-state index in [0.717, 1.165) is 6.54 Å². The van der Waals surface area contributed by atoms with Crippen molar-refractivity contribution >= 4 is 25.8 Å². The summed E-state index contributed by atoms with van der Waals surface area (Å²) in [6.07, 6.45) is 4.92. The summed E-state index contributed by atoms with van der Waals surface area (Å²) in [6.45, 7) is 21.0. The minimum atomic E-state index is 0.209. The molecule has 0 heterocycles. The van der Waals surface area contributed by atoms with Crippen molar-refractivity contribution in [1.29, 1.82) is 0 Å². The fourth-order valence-electron chi connectivity index (χ4n) is 2.55. The van der Waals surface area contributed by atoms with Gasteiger partial charge in [0.15, 0.2) is 0 Å². The van der Waals surface area contributed by atoms with Gasteiger partial charge in [-0.25, -0.2) is 0 Å². The van der Waals surface area contributed by atoms with Crippen molar-refractivity contribution in [2.45, 2.75) is 86.2 Å². The monoisotopic (exact) mass is 284 g/mol. The Balaban J connectivity index is 4.97. The highest BCUT2D eigenvalue weighted by Gasteiger charge is 2.33. The van der Waals surface area contributed by atoms with Crippen LogP contribution in [0.2, 0.25) is 25.3 Å². The van der Waals surface area contributed by atoms with Gasteiger partial charge in [0.25, 0.3) is 0 Å². The number of hydrogen-bond donors (Lipinski definition) is 0. The first-order valence-corrected chi connectivity index (χ1v) is 8.82. The predicted octanol–water partition coefficient (Wildman–Crippen LogP) is 5.03. The minimum Gasteiger partial charge on any atom is -0.277 e. The van der Waals surface area contributed by atoms with Gasteiger partial charge < -0.3 is 0 Å². The molecule has 0 aliphatic heterocycles. The van der Waals surface area contributed by atoms with Gasteiger partial charge in [-0.05, 0) is 39.4 Å². The Morgan fingerprint density at radius 2 is 1.21 bits per heavy atom. The van der Waals surface area contributed by atoms with E-state index in [-0.39, 0.29) is 5.54 Å². The Kier molecular flexibility index (Phi) is 9.55. The number of rotatable bonds is 9. The molecule has 0 saturated carbocycles. The van der Waals surface area contributed by atoms with Crippen LogP contribution in [0.1, 0.15) is 55.4 Å². The van der Waals surface area contributed by atoms with Crippen molar-refractivity contribution in [3.05, 3.63) is 0 Å². The maximum Gasteiger partial charge on any atom is 0.237 e. The van der Waals surface area contributed by atoms with Crippen LogP contribution in [-0.4, -0.2) is 34.2 Å². The largest absolute Gasteiger partial charge is 0.277 e. The zero-order chi connectivity index (χ0) is 15.1. The molecule has 0 aromatic heterocycles. The molecule has 0 radical (unpaired) electrons. The minimum absolute atomic E-state index is 0.209. The van der Waals surface area contributed by atoms with E-state index in [1.807, 2.05) is 12.1 Å². The van der Waals surface area contributed by atoms with E-state index in [1.54, 1.807) is 0 Å². The van der Waals surface area contributed by atoms with Crippen LogP contribution in [0.15, 0.2) is 0 Å². The van der Waals surface area contributed by atoms with Crippen molar-refractivity contribution in [2.24, 2.45) is 0 Å². The molecule has 0 aliphatic rings. The van der Waals surface area contributed by atoms with Crippen molar-refractivity contribution in [3.63, 3.8) is 0 Å². The SMILES string of the molecule is CCB(CC)N(CC)SN(B(CC)CC)C(C)(C)C. The summed E-state index contributed by atoms with van der Waals surface area (Å²) >= 11 is 1.98. The molecule has 0 N–H and O–H groups in total. The van der Waals surface area contributed by atoms with Crippen LogP contribution in [0.3, 0.4) is 0 Å². The van der Waals surface area contributed by atoms with E-state index >= 15 is 0 Å². The summed E-state index contributed by atoms with van der Waals surface area (Å²) in [5, 5.41) is 0. The predicted molar refractivity (Wildman–Crippen MR) is 95.0 cm³/mol. The molecule has 0 amide bonds. The van der Waals surface area contributed by atoms with Gasteiger partial charge in [0, 0.05) is 5.54 Å². The smallest absolute Gasteiger partial charge is 0.237 e. The summed E-state index contributed by atoms with van der Waals surface area (Å²) in [5.74, 6) is 0. The zero-order valence-electron chi connectivity index (χ0n) is 14.5. The Bertz CT molecular complexity index is 226. The second kappa shape index (κ2) is 9.36. The quantitative estimate of drug-likeness (QED) is 0.433. The molecule has 0 spiro atoms. The molecule has 2 nitrogen and oxygen atoms in total. The van der Waals surface area contributed by atoms with Crippen molar-refractivity contribution in [3.8, 4) is 0 Å². The Morgan fingerprint density at radius 3 is 1.47 bits per heavy atom. The molecule has 19 heavy (non-hydrogen) atoms. The van der Waals surface area contributed by atoms with E-state index in [9.17, 15) is 0 Å². The average molecular weight is 284 g/mol. The molecule has 0 aromatic carbocycles. The summed E-state index contributed by atoms with van der Waals surface area (Å²) in [4.78, 5) is 0. The molecule has 0 aliphatic carbocycles. The molecule has 0 atom stereocenters. The first kappa shape index (κ1) is 19.4. The summed E-state index contributed by atoms with van der Waals surface area (Å²) in [7, 11) is 0. The molecule has 0 rings (SSSR count). The number of hydrogen-bond acceptors (Lipinski definition) is 3. The number of nitrogens with zero attached hydrogens (tertiary/aromatic N) is 2. The van der Waals surface area contributed by atoms with Crippen LogP contribution >= 0.6 is 12.1 Å². The van der Waals surface area contributed by atoms with Crippen LogP contribution in [-0.2, 0) is 0 Å². The first-order chi connectivity index (χ1) is 8.85. The third kappa shape index (κ3) is 6.14. The van der Waals surface area contributed by atoms with Crippen LogP contribution < -0.4 is 0 Å². The van der Waals surface area contributed by atoms with Crippen LogP contribution in [0.25, 0.3) is 0 Å². The Morgan fingerprint density at radius 1 is 0.789 bits per heavy atom. The van der Waals surface area contributed by atoms with Gasteiger partial charge in [-0.15, -0.1) is 0 Å². The van der Waals surface area contributed by atoms with Gasteiger partial charge in [0.05, 0.1) is 0 Å². The highest BCUT2D eigenvalue weighted by atomic mass is 32.2. The van der Waals surface area contributed by atoms with E-state index < -0.39 is 0 Å². The lowest BCUT2D eigenvalue weighted by Gasteiger charge is -2.42. The van der Waals surface area contributed by atoms with Gasteiger partial charge in [-0.1, -0.05) is 59.9 Å². The summed E-state index contributed by atoms with van der Waals surface area (Å²) in [5.41, 5.74) is 0.209. The maximum absolute atomic E-state index is 2.62. The van der Waals surface area contributed by atoms with E-state index in [2.05, 4.69) is 63.8 Å². The summed E-state index contributed by atoms with van der Waals surface area (Å²) < 4.78 is 5.19. The van der Waals surface area contributed by atoms with E-state index in [1.165, 1.54) is 25.3 Å². The molecule has 112 valence electrons. The van der Waals surface area contributed by atoms with Crippen molar-refractivity contribution < 1.29 is 0 Å². The summed E-state index contributed by atoms with van der Waals surface area (Å²) in [6, 6.07) is 0. The molecule has 0 bridgehead atoms. The fourth-order valence-corrected chi connectivity index (χ4v) is 4.00. The lowest BCUT2D eigenvalue weighted by Crippen LogP contribution is -2.49. The van der Waals surface area contributed by atoms with Gasteiger partial charge in [0.2, 0.25) is 13.7 Å². The Labute approximate surface area is 127 Å². The average Bonchev–Trinajstić information content (AvgIpc) is 2.36. The van der Waals surface area contributed by atoms with Gasteiger partial charge in [-0.2, -0.15) is 0 Å². The maximum atomic E-state index is 2.62. The zero-order valence-corrected chi connectivity index (χ0v) is 15.3. The van der Waals surface area contributed by atoms with Gasteiger partial charge in [-0.3, -0.25) is 8.43 Å². The third-order valence-corrected chi connectivity index (χ3v) is 5.58. The van der Waals surface area contributed by atoms with E-state index in [0.29, 0.717) is 13.7 Å². The standard InChI is InChI=1S/C14H34B2N2S/c1-9-15(10-2)17(13-5)19-18(14(6,7)8)16(11-3)12-4/h9-13H2,1-8H3. The molecule has 0 unspecified atom stereocenters. The first-order valence-electron chi connectivity index (χ1n) is 8.09. The lowest BCUT2D eigenvalue weighted by atomic mass is 9.56. The molecular weight excluding hydrogens is 250 g/mol. The van der Waals surface area contributed by atoms with E-state index in [4.69, 9.17) is 0 Å². The normalized spacial score (nSPS) is 12.3. The lowest BCUT2D eigenvalue weighted by molar-refractivity contribution is 0.377. The molecular formula is C14H34B2N2S. The molecule has 0 fully saturated rings. The Hall–Kier alpha value is 0.400. The van der Waals surface area contributed by atoms with Crippen LogP contribution in [0.5, 0.6) is 0 Å². The third-order valence-electron chi connectivity index (χ3n) is 3.79. The topological polar surface area (TPSA) is 6.48 Å².